The SMILES string of the molecule is CCCCC(CC)C(=O)NC1(C(=O)O)CCCC1. The standard InChI is InChI=1S/C14H25NO3/c1-3-5-8-11(4-2)12(16)15-14(13(17)18)9-6-7-10-14/h11H,3-10H2,1-2H3,(H,15,16)(H,17,18). The molecule has 1 fully saturated rings. The number of hydrogen-bond donors (Lipinski definition) is 2. The van der Waals surface area contributed by atoms with E-state index in [9.17, 15) is 14.7 Å². The Bertz CT molecular complexity index is 295. The molecule has 0 aromatic carbocycles. The summed E-state index contributed by atoms with van der Waals surface area (Å²) in [6.07, 6.45) is 6.63. The van der Waals surface area contributed by atoms with Gasteiger partial charge in [-0.2, -0.15) is 0 Å². The second-order valence-electron chi connectivity index (χ2n) is 5.33. The van der Waals surface area contributed by atoms with Crippen molar-refractivity contribution >= 4 is 11.9 Å². The van der Waals surface area contributed by atoms with Crippen LogP contribution >= 0.6 is 0 Å². The van der Waals surface area contributed by atoms with Crippen LogP contribution < -0.4 is 5.32 Å². The summed E-state index contributed by atoms with van der Waals surface area (Å²) < 4.78 is 0. The van der Waals surface area contributed by atoms with Gasteiger partial charge in [0.2, 0.25) is 5.91 Å². The molecule has 0 aliphatic heterocycles. The van der Waals surface area contributed by atoms with Crippen molar-refractivity contribution in [1.29, 1.82) is 0 Å². The summed E-state index contributed by atoms with van der Waals surface area (Å²) in [6, 6.07) is 0. The number of nitrogens with one attached hydrogen (secondary N) is 1. The average Bonchev–Trinajstić information content (AvgIpc) is 2.80. The molecule has 104 valence electrons. The third kappa shape index (κ3) is 3.47. The van der Waals surface area contributed by atoms with Gasteiger partial charge in [0.25, 0.3) is 0 Å². The zero-order valence-corrected chi connectivity index (χ0v) is 11.5. The van der Waals surface area contributed by atoms with E-state index < -0.39 is 11.5 Å². The molecule has 1 amide bonds. The summed E-state index contributed by atoms with van der Waals surface area (Å²) in [5, 5.41) is 12.1. The molecule has 0 radical (unpaired) electrons. The van der Waals surface area contributed by atoms with Crippen LogP contribution in [0, 0.1) is 5.92 Å². The minimum absolute atomic E-state index is 0.0400. The minimum atomic E-state index is -0.989. The lowest BCUT2D eigenvalue weighted by Gasteiger charge is -2.27. The largest absolute Gasteiger partial charge is 0.480 e. The van der Waals surface area contributed by atoms with Gasteiger partial charge in [-0.3, -0.25) is 4.79 Å². The lowest BCUT2D eigenvalue weighted by atomic mass is 9.93. The molecule has 1 saturated carbocycles. The van der Waals surface area contributed by atoms with Crippen molar-refractivity contribution < 1.29 is 14.7 Å². The van der Waals surface area contributed by atoms with Gasteiger partial charge in [0, 0.05) is 5.92 Å². The fraction of sp³-hybridized carbons (Fsp3) is 0.857. The molecule has 1 unspecified atom stereocenters. The summed E-state index contributed by atoms with van der Waals surface area (Å²) in [4.78, 5) is 23.5. The number of amides is 1. The van der Waals surface area contributed by atoms with Gasteiger partial charge in [0.1, 0.15) is 5.54 Å². The number of hydrogen-bond acceptors (Lipinski definition) is 2. The van der Waals surface area contributed by atoms with E-state index in [0.29, 0.717) is 12.8 Å². The number of carbonyl (C=O) groups excluding carboxylic acids is 1. The molecule has 4 nitrogen and oxygen atoms in total. The molecule has 1 rings (SSSR count). The zero-order chi connectivity index (χ0) is 13.6. The van der Waals surface area contributed by atoms with Crippen molar-refractivity contribution in [3.63, 3.8) is 0 Å². The second-order valence-corrected chi connectivity index (χ2v) is 5.33. The first-order valence-electron chi connectivity index (χ1n) is 7.11. The Morgan fingerprint density at radius 1 is 1.28 bits per heavy atom. The first-order valence-corrected chi connectivity index (χ1v) is 7.11. The maximum atomic E-state index is 12.2. The Balaban J connectivity index is 2.62. The van der Waals surface area contributed by atoms with E-state index in [1.807, 2.05) is 6.92 Å². The van der Waals surface area contributed by atoms with Gasteiger partial charge < -0.3 is 10.4 Å². The predicted molar refractivity (Wildman–Crippen MR) is 70.3 cm³/mol. The van der Waals surface area contributed by atoms with E-state index in [-0.39, 0.29) is 11.8 Å². The maximum absolute atomic E-state index is 12.2. The van der Waals surface area contributed by atoms with Crippen LogP contribution in [0.15, 0.2) is 0 Å². The average molecular weight is 255 g/mol. The molecule has 0 aromatic rings. The van der Waals surface area contributed by atoms with E-state index in [1.165, 1.54) is 0 Å². The smallest absolute Gasteiger partial charge is 0.329 e. The van der Waals surface area contributed by atoms with Crippen molar-refractivity contribution in [3.05, 3.63) is 0 Å². The van der Waals surface area contributed by atoms with E-state index in [2.05, 4.69) is 12.2 Å². The highest BCUT2D eigenvalue weighted by Crippen LogP contribution is 2.30. The number of carbonyl (C=O) groups is 2. The maximum Gasteiger partial charge on any atom is 0.329 e. The van der Waals surface area contributed by atoms with E-state index in [0.717, 1.165) is 38.5 Å². The highest BCUT2D eigenvalue weighted by molar-refractivity contribution is 5.88. The lowest BCUT2D eigenvalue weighted by Crippen LogP contribution is -2.54. The Morgan fingerprint density at radius 2 is 1.89 bits per heavy atom. The van der Waals surface area contributed by atoms with Crippen LogP contribution in [0.25, 0.3) is 0 Å². The summed E-state index contributed by atoms with van der Waals surface area (Å²) in [6.45, 7) is 4.09. The molecule has 0 spiro atoms. The van der Waals surface area contributed by atoms with Crippen LogP contribution in [0.1, 0.15) is 65.2 Å². The van der Waals surface area contributed by atoms with Crippen LogP contribution in [0.5, 0.6) is 0 Å². The van der Waals surface area contributed by atoms with Crippen molar-refractivity contribution in [2.75, 3.05) is 0 Å². The normalized spacial score (nSPS) is 19.4. The van der Waals surface area contributed by atoms with Crippen LogP contribution in [-0.2, 0) is 9.59 Å². The topological polar surface area (TPSA) is 66.4 Å². The molecular formula is C14H25NO3. The Labute approximate surface area is 109 Å². The quantitative estimate of drug-likeness (QED) is 0.735. The van der Waals surface area contributed by atoms with Gasteiger partial charge in [0.15, 0.2) is 0 Å². The number of carboxylic acids is 1. The predicted octanol–water partition coefficient (Wildman–Crippen LogP) is 2.72. The van der Waals surface area contributed by atoms with Gasteiger partial charge in [0.05, 0.1) is 0 Å². The zero-order valence-electron chi connectivity index (χ0n) is 11.5. The lowest BCUT2D eigenvalue weighted by molar-refractivity contribution is -0.148. The van der Waals surface area contributed by atoms with Crippen LogP contribution in [0.2, 0.25) is 0 Å². The second kappa shape index (κ2) is 6.76. The fourth-order valence-corrected chi connectivity index (χ4v) is 2.68. The molecule has 1 aliphatic carbocycles. The first kappa shape index (κ1) is 15.0. The van der Waals surface area contributed by atoms with Crippen molar-refractivity contribution in [1.82, 2.24) is 5.32 Å². The van der Waals surface area contributed by atoms with E-state index >= 15 is 0 Å². The molecule has 0 heterocycles. The number of rotatable bonds is 7. The van der Waals surface area contributed by atoms with Gasteiger partial charge in [-0.15, -0.1) is 0 Å². The molecule has 4 heteroatoms. The Kier molecular flexibility index (Phi) is 5.63. The molecule has 0 saturated heterocycles. The summed E-state index contributed by atoms with van der Waals surface area (Å²) >= 11 is 0. The van der Waals surface area contributed by atoms with Gasteiger partial charge in [-0.1, -0.05) is 39.5 Å². The minimum Gasteiger partial charge on any atom is -0.480 e. The van der Waals surface area contributed by atoms with Gasteiger partial charge >= 0.3 is 5.97 Å². The fourth-order valence-electron chi connectivity index (χ4n) is 2.68. The monoisotopic (exact) mass is 255 g/mol. The van der Waals surface area contributed by atoms with Gasteiger partial charge in [-0.25, -0.2) is 4.79 Å². The molecule has 0 aromatic heterocycles. The Hall–Kier alpha value is -1.06. The number of aliphatic carboxylic acids is 1. The van der Waals surface area contributed by atoms with E-state index in [4.69, 9.17) is 0 Å². The number of unbranched alkanes of at least 4 members (excludes halogenated alkanes) is 1. The third-order valence-electron chi connectivity index (χ3n) is 4.00. The molecule has 1 aliphatic rings. The van der Waals surface area contributed by atoms with Crippen LogP contribution in [0.4, 0.5) is 0 Å². The molecule has 18 heavy (non-hydrogen) atoms. The molecule has 1 atom stereocenters. The highest BCUT2D eigenvalue weighted by Gasteiger charge is 2.43. The van der Waals surface area contributed by atoms with Crippen LogP contribution in [-0.4, -0.2) is 22.5 Å². The van der Waals surface area contributed by atoms with E-state index in [1.54, 1.807) is 0 Å². The van der Waals surface area contributed by atoms with Crippen molar-refractivity contribution in [2.45, 2.75) is 70.8 Å². The molecule has 0 bridgehead atoms. The van der Waals surface area contributed by atoms with Crippen molar-refractivity contribution in [2.24, 2.45) is 5.92 Å². The summed E-state index contributed by atoms with van der Waals surface area (Å²) in [7, 11) is 0. The third-order valence-corrected chi connectivity index (χ3v) is 4.00. The Morgan fingerprint density at radius 3 is 2.33 bits per heavy atom. The summed E-state index contributed by atoms with van der Waals surface area (Å²) in [5.74, 6) is -0.990. The number of carboxylic acid groups (broad SMARTS) is 1. The van der Waals surface area contributed by atoms with Crippen LogP contribution in [0.3, 0.4) is 0 Å². The summed E-state index contributed by atoms with van der Waals surface area (Å²) in [5.41, 5.74) is -0.989. The molecule has 2 N–H and O–H groups in total. The first-order chi connectivity index (χ1) is 8.55. The molecular weight excluding hydrogens is 230 g/mol. The van der Waals surface area contributed by atoms with Gasteiger partial charge in [-0.05, 0) is 25.7 Å². The van der Waals surface area contributed by atoms with Crippen molar-refractivity contribution in [3.8, 4) is 0 Å². The highest BCUT2D eigenvalue weighted by atomic mass is 16.4.